The van der Waals surface area contributed by atoms with Crippen molar-refractivity contribution in [2.24, 2.45) is 0 Å². The molecule has 1 aromatic rings. The standard InChI is InChI=1S/C7H8P.2C5H5.CH3.Zr/c1-6-3-4-8-5-7(6)2;2*1-2-4-5-3-1;;/h3,5H,1-2H3;2*1-5H;1H3;/q-1;;;-1;+4. The second kappa shape index (κ2) is 15.9. The quantitative estimate of drug-likeness (QED) is 0.560. The third-order valence-corrected chi connectivity index (χ3v) is 3.14. The largest absolute Gasteiger partial charge is 4.00 e. The van der Waals surface area contributed by atoms with Crippen LogP contribution in [0.1, 0.15) is 11.1 Å². The molecule has 3 rings (SSSR count). The Morgan fingerprint density at radius 3 is 1.25 bits per heavy atom. The molecule has 20 heavy (non-hydrogen) atoms. The van der Waals surface area contributed by atoms with Gasteiger partial charge in [-0.1, -0.05) is 13.8 Å². The summed E-state index contributed by atoms with van der Waals surface area (Å²) in [5.41, 5.74) is 2.72. The molecular weight excluding hydrogens is 338 g/mol. The zero-order valence-electron chi connectivity index (χ0n) is 12.4. The van der Waals surface area contributed by atoms with Crippen LogP contribution in [0.4, 0.5) is 0 Å². The molecule has 0 amide bonds. The molecule has 0 bridgehead atoms. The minimum Gasteiger partial charge on any atom is -0.358 e. The second-order valence-corrected chi connectivity index (χ2v) is 4.60. The molecule has 2 heteroatoms. The van der Waals surface area contributed by atoms with Gasteiger partial charge in [-0.15, -0.1) is 5.80 Å². The molecule has 1 aromatic heterocycles. The SMILES string of the molecule is Cc1c[c-]pcc1C.[CH3-].[CH]1[CH][CH][CH][CH]1.[CH]1[CH][CH][CH][CH]1.[Zr+4]. The summed E-state index contributed by atoms with van der Waals surface area (Å²) in [7, 11) is 1.20. The topological polar surface area (TPSA) is 0 Å². The van der Waals surface area contributed by atoms with E-state index in [0.717, 1.165) is 0 Å². The van der Waals surface area contributed by atoms with Crippen LogP contribution in [-0.4, -0.2) is 0 Å². The van der Waals surface area contributed by atoms with Crippen LogP contribution in [0.25, 0.3) is 0 Å². The van der Waals surface area contributed by atoms with Crippen molar-refractivity contribution in [2.45, 2.75) is 13.8 Å². The van der Waals surface area contributed by atoms with Gasteiger partial charge in [0.2, 0.25) is 0 Å². The van der Waals surface area contributed by atoms with Crippen LogP contribution in [0.15, 0.2) is 11.9 Å². The summed E-state index contributed by atoms with van der Waals surface area (Å²) in [6, 6.07) is 2.04. The van der Waals surface area contributed by atoms with Gasteiger partial charge in [-0.3, -0.25) is 0 Å². The first-order valence-electron chi connectivity index (χ1n) is 5.93. The molecule has 0 unspecified atom stereocenters. The average Bonchev–Trinajstić information content (AvgIpc) is 3.11. The first-order valence-corrected chi connectivity index (χ1v) is 6.89. The monoisotopic (exact) mass is 358 g/mol. The van der Waals surface area contributed by atoms with E-state index in [0.29, 0.717) is 0 Å². The van der Waals surface area contributed by atoms with Crippen molar-refractivity contribution in [2.75, 3.05) is 0 Å². The zero-order chi connectivity index (χ0) is 13.1. The third kappa shape index (κ3) is 12.3. The van der Waals surface area contributed by atoms with Crippen molar-refractivity contribution in [1.29, 1.82) is 0 Å². The molecule has 2 fully saturated rings. The maximum atomic E-state index is 3.10. The third-order valence-electron chi connectivity index (χ3n) is 2.35. The second-order valence-electron chi connectivity index (χ2n) is 3.82. The number of hydrogen-bond acceptors (Lipinski definition) is 0. The molecule has 0 atom stereocenters. The van der Waals surface area contributed by atoms with E-state index >= 15 is 0 Å². The van der Waals surface area contributed by atoms with Crippen molar-refractivity contribution in [3.63, 3.8) is 0 Å². The summed E-state index contributed by atoms with van der Waals surface area (Å²) in [5, 5.41) is 0. The Balaban J connectivity index is 0. The fourth-order valence-electron chi connectivity index (χ4n) is 1.13. The van der Waals surface area contributed by atoms with Gasteiger partial charge in [-0.05, 0) is 64.2 Å². The van der Waals surface area contributed by atoms with E-state index in [1.54, 1.807) is 0 Å². The normalized spacial score (nSPS) is 16.1. The van der Waals surface area contributed by atoms with Gasteiger partial charge in [-0.25, -0.2) is 8.19 Å². The van der Waals surface area contributed by atoms with E-state index in [1.807, 2.05) is 70.3 Å². The van der Waals surface area contributed by atoms with Gasteiger partial charge in [-0.2, -0.15) is 23.0 Å². The van der Waals surface area contributed by atoms with E-state index in [9.17, 15) is 0 Å². The molecule has 2 aliphatic carbocycles. The smallest absolute Gasteiger partial charge is 0.358 e. The summed E-state index contributed by atoms with van der Waals surface area (Å²) in [6.07, 6.45) is 20.0. The van der Waals surface area contributed by atoms with E-state index in [-0.39, 0.29) is 33.6 Å². The van der Waals surface area contributed by atoms with Crippen LogP contribution in [-0.2, 0) is 26.2 Å². The zero-order valence-corrected chi connectivity index (χ0v) is 15.7. The molecule has 2 saturated carbocycles. The van der Waals surface area contributed by atoms with E-state index in [1.165, 1.54) is 19.3 Å². The van der Waals surface area contributed by atoms with Gasteiger partial charge in [0.15, 0.2) is 0 Å². The van der Waals surface area contributed by atoms with Crippen LogP contribution >= 0.6 is 8.19 Å². The summed E-state index contributed by atoms with van der Waals surface area (Å²) in [4.78, 5) is 0. The maximum Gasteiger partial charge on any atom is 4.00 e. The molecule has 0 nitrogen and oxygen atoms in total. The molecule has 0 spiro atoms. The van der Waals surface area contributed by atoms with E-state index < -0.39 is 0 Å². The maximum absolute atomic E-state index is 3.10. The van der Waals surface area contributed by atoms with Crippen molar-refractivity contribution in [1.82, 2.24) is 0 Å². The van der Waals surface area contributed by atoms with Crippen LogP contribution < -0.4 is 0 Å². The van der Waals surface area contributed by atoms with Crippen LogP contribution in [0.3, 0.4) is 0 Å². The van der Waals surface area contributed by atoms with Gasteiger partial charge in [0.1, 0.15) is 0 Å². The molecule has 100 valence electrons. The van der Waals surface area contributed by atoms with Gasteiger partial charge < -0.3 is 7.43 Å². The Morgan fingerprint density at radius 2 is 1.05 bits per heavy atom. The predicted octanol–water partition coefficient (Wildman–Crippen LogP) is 5.17. The fourth-order valence-corrected chi connectivity index (χ4v) is 1.87. The van der Waals surface area contributed by atoms with Crippen LogP contribution in [0, 0.1) is 91.3 Å². The van der Waals surface area contributed by atoms with Gasteiger partial charge >= 0.3 is 26.2 Å². The van der Waals surface area contributed by atoms with Gasteiger partial charge in [0.05, 0.1) is 0 Å². The number of hydrogen-bond donors (Lipinski definition) is 0. The molecule has 2 aliphatic rings. The fraction of sp³-hybridized carbons (Fsp3) is 0.111. The Hall–Kier alpha value is 0.533. The van der Waals surface area contributed by atoms with E-state index in [2.05, 4.69) is 25.4 Å². The van der Waals surface area contributed by atoms with Crippen molar-refractivity contribution in [3.8, 4) is 0 Å². The number of aryl methyl sites for hydroxylation is 2. The summed E-state index contributed by atoms with van der Waals surface area (Å²) in [5.74, 6) is 5.26. The molecule has 10 radical (unpaired) electrons. The van der Waals surface area contributed by atoms with Gasteiger partial charge in [0, 0.05) is 0 Å². The molecule has 0 saturated heterocycles. The van der Waals surface area contributed by atoms with Gasteiger partial charge in [0.25, 0.3) is 0 Å². The Bertz CT molecular complexity index is 258. The van der Waals surface area contributed by atoms with E-state index in [4.69, 9.17) is 0 Å². The first-order chi connectivity index (χ1) is 8.80. The van der Waals surface area contributed by atoms with Crippen LogP contribution in [0.5, 0.6) is 0 Å². The summed E-state index contributed by atoms with van der Waals surface area (Å²) < 4.78 is 0. The van der Waals surface area contributed by atoms with Crippen molar-refractivity contribution < 1.29 is 26.2 Å². The summed E-state index contributed by atoms with van der Waals surface area (Å²) >= 11 is 0. The number of rotatable bonds is 0. The van der Waals surface area contributed by atoms with Crippen LogP contribution in [0.2, 0.25) is 0 Å². The molecular formula is C18H21PZr+2. The minimum absolute atomic E-state index is 0. The first kappa shape index (κ1) is 22.8. The Kier molecular flexibility index (Phi) is 18.1. The molecule has 0 aliphatic heterocycles. The molecule has 0 N–H and O–H groups in total. The predicted molar refractivity (Wildman–Crippen MR) is 86.7 cm³/mol. The van der Waals surface area contributed by atoms with Crippen molar-refractivity contribution in [3.05, 3.63) is 100 Å². The Labute approximate surface area is 148 Å². The molecule has 1 heterocycles. The average molecular weight is 360 g/mol. The molecule has 0 aromatic carbocycles. The summed E-state index contributed by atoms with van der Waals surface area (Å²) in [6.45, 7) is 4.23. The van der Waals surface area contributed by atoms with Crippen molar-refractivity contribution >= 4 is 8.19 Å². The minimum atomic E-state index is 0. The Morgan fingerprint density at radius 1 is 0.700 bits per heavy atom.